The van der Waals surface area contributed by atoms with E-state index in [0.717, 1.165) is 5.92 Å². The van der Waals surface area contributed by atoms with E-state index in [9.17, 15) is 0 Å². The van der Waals surface area contributed by atoms with Gasteiger partial charge < -0.3 is 5.73 Å². The van der Waals surface area contributed by atoms with Gasteiger partial charge in [0.05, 0.1) is 0 Å². The third kappa shape index (κ3) is 2.26. The van der Waals surface area contributed by atoms with E-state index in [-0.39, 0.29) is 0 Å². The molecule has 2 atom stereocenters. The summed E-state index contributed by atoms with van der Waals surface area (Å²) in [6, 6.07) is 9.67. The van der Waals surface area contributed by atoms with Crippen LogP contribution in [0.25, 0.3) is 0 Å². The summed E-state index contributed by atoms with van der Waals surface area (Å²) in [5, 5.41) is 0. The number of nitrogens with two attached hydrogens (primary N) is 1. The zero-order chi connectivity index (χ0) is 11.7. The Hall–Kier alpha value is -0.820. The lowest BCUT2D eigenvalue weighted by Crippen LogP contribution is -2.31. The van der Waals surface area contributed by atoms with Gasteiger partial charge in [-0.3, -0.25) is 0 Å². The van der Waals surface area contributed by atoms with Gasteiger partial charge in [-0.2, -0.15) is 0 Å². The van der Waals surface area contributed by atoms with Crippen molar-refractivity contribution in [3.63, 3.8) is 0 Å². The fourth-order valence-corrected chi connectivity index (χ4v) is 3.36. The minimum absolute atomic E-state index is 0.389. The monoisotopic (exact) mass is 229 g/mol. The molecule has 1 heteroatoms. The molecule has 0 aliphatic heterocycles. The highest BCUT2D eigenvalue weighted by molar-refractivity contribution is 5.31. The van der Waals surface area contributed by atoms with Crippen molar-refractivity contribution in [2.45, 2.75) is 62.8 Å². The lowest BCUT2D eigenvalue weighted by atomic mass is 9.76. The van der Waals surface area contributed by atoms with E-state index in [1.54, 1.807) is 5.56 Å². The van der Waals surface area contributed by atoms with E-state index in [2.05, 4.69) is 24.3 Å². The zero-order valence-corrected chi connectivity index (χ0v) is 10.6. The maximum Gasteiger partial charge on any atom is 0.0108 e. The van der Waals surface area contributed by atoms with Gasteiger partial charge in [-0.15, -0.1) is 0 Å². The van der Waals surface area contributed by atoms with Crippen molar-refractivity contribution in [2.75, 3.05) is 0 Å². The van der Waals surface area contributed by atoms with Gasteiger partial charge in [0.15, 0.2) is 0 Å². The van der Waals surface area contributed by atoms with Gasteiger partial charge in [-0.25, -0.2) is 0 Å². The average Bonchev–Trinajstić information content (AvgIpc) is 2.28. The maximum absolute atomic E-state index is 6.28. The summed E-state index contributed by atoms with van der Waals surface area (Å²) in [4.78, 5) is 0. The summed E-state index contributed by atoms with van der Waals surface area (Å²) < 4.78 is 0. The van der Waals surface area contributed by atoms with E-state index in [1.165, 1.54) is 50.5 Å². The van der Waals surface area contributed by atoms with Crippen molar-refractivity contribution in [3.05, 3.63) is 35.4 Å². The van der Waals surface area contributed by atoms with Crippen LogP contribution in [-0.4, -0.2) is 6.04 Å². The van der Waals surface area contributed by atoms with Gasteiger partial charge >= 0.3 is 0 Å². The molecular weight excluding hydrogens is 206 g/mol. The molecular formula is C16H23N. The summed E-state index contributed by atoms with van der Waals surface area (Å²) in [5.41, 5.74) is 9.35. The topological polar surface area (TPSA) is 26.0 Å². The third-order valence-electron chi connectivity index (χ3n) is 4.73. The van der Waals surface area contributed by atoms with Gasteiger partial charge in [0.2, 0.25) is 0 Å². The Kier molecular flexibility index (Phi) is 3.19. The molecule has 2 fully saturated rings. The van der Waals surface area contributed by atoms with Crippen LogP contribution in [-0.2, 0) is 0 Å². The first-order chi connectivity index (χ1) is 8.34. The number of hydrogen-bond acceptors (Lipinski definition) is 1. The molecule has 1 aromatic carbocycles. The van der Waals surface area contributed by atoms with Gasteiger partial charge in [-0.1, -0.05) is 43.5 Å². The third-order valence-corrected chi connectivity index (χ3v) is 4.73. The van der Waals surface area contributed by atoms with Crippen LogP contribution in [0.2, 0.25) is 0 Å². The molecule has 2 saturated carbocycles. The fourth-order valence-electron chi connectivity index (χ4n) is 3.36. The molecule has 0 bridgehead atoms. The molecule has 0 heterocycles. The molecule has 2 aliphatic rings. The van der Waals surface area contributed by atoms with Crippen LogP contribution < -0.4 is 5.73 Å². The first-order valence-corrected chi connectivity index (χ1v) is 7.20. The molecule has 1 aromatic rings. The van der Waals surface area contributed by atoms with Crippen molar-refractivity contribution >= 4 is 0 Å². The molecule has 3 rings (SSSR count). The summed E-state index contributed by atoms with van der Waals surface area (Å²) in [6.45, 7) is 0. The SMILES string of the molecule is NC1CCCCC1c1cccc(C2CCC2)c1. The van der Waals surface area contributed by atoms with Crippen molar-refractivity contribution < 1.29 is 0 Å². The highest BCUT2D eigenvalue weighted by atomic mass is 14.7. The summed E-state index contributed by atoms with van der Waals surface area (Å²) in [5.74, 6) is 1.46. The van der Waals surface area contributed by atoms with E-state index in [0.29, 0.717) is 12.0 Å². The Bertz CT molecular complexity index is 381. The molecule has 0 radical (unpaired) electrons. The quantitative estimate of drug-likeness (QED) is 0.816. The van der Waals surface area contributed by atoms with Gasteiger partial charge in [-0.05, 0) is 48.6 Å². The first kappa shape index (κ1) is 11.3. The molecule has 2 N–H and O–H groups in total. The molecule has 2 aliphatic carbocycles. The van der Waals surface area contributed by atoms with E-state index >= 15 is 0 Å². The maximum atomic E-state index is 6.28. The second-order valence-electron chi connectivity index (χ2n) is 5.85. The van der Waals surface area contributed by atoms with Crippen LogP contribution in [0.1, 0.15) is 67.9 Å². The molecule has 0 aromatic heterocycles. The summed E-state index contributed by atoms with van der Waals surface area (Å²) >= 11 is 0. The minimum Gasteiger partial charge on any atom is -0.327 e. The Labute approximate surface area is 104 Å². The van der Waals surface area contributed by atoms with E-state index in [4.69, 9.17) is 5.73 Å². The normalized spacial score (nSPS) is 29.9. The minimum atomic E-state index is 0.389. The largest absolute Gasteiger partial charge is 0.327 e. The Balaban J connectivity index is 1.81. The first-order valence-electron chi connectivity index (χ1n) is 7.20. The van der Waals surface area contributed by atoms with Gasteiger partial charge in [0.1, 0.15) is 0 Å². The van der Waals surface area contributed by atoms with Crippen LogP contribution in [0, 0.1) is 0 Å². The molecule has 1 nitrogen and oxygen atoms in total. The van der Waals surface area contributed by atoms with Crippen molar-refractivity contribution in [2.24, 2.45) is 5.73 Å². The average molecular weight is 229 g/mol. The molecule has 92 valence electrons. The standard InChI is InChI=1S/C16H23N/c17-16-10-2-1-9-15(16)14-8-4-7-13(11-14)12-5-3-6-12/h4,7-8,11-12,15-16H,1-3,5-6,9-10,17H2. The van der Waals surface area contributed by atoms with Crippen LogP contribution in [0.5, 0.6) is 0 Å². The van der Waals surface area contributed by atoms with Crippen molar-refractivity contribution in [1.82, 2.24) is 0 Å². The number of benzene rings is 1. The smallest absolute Gasteiger partial charge is 0.0108 e. The Morgan fingerprint density at radius 2 is 1.65 bits per heavy atom. The molecule has 17 heavy (non-hydrogen) atoms. The Morgan fingerprint density at radius 1 is 0.882 bits per heavy atom. The number of rotatable bonds is 2. The van der Waals surface area contributed by atoms with Crippen LogP contribution in [0.15, 0.2) is 24.3 Å². The van der Waals surface area contributed by atoms with Crippen LogP contribution in [0.3, 0.4) is 0 Å². The fraction of sp³-hybridized carbons (Fsp3) is 0.625. The molecule has 2 unspecified atom stereocenters. The lowest BCUT2D eigenvalue weighted by molar-refractivity contribution is 0.383. The molecule has 0 amide bonds. The van der Waals surface area contributed by atoms with Crippen molar-refractivity contribution in [1.29, 1.82) is 0 Å². The predicted molar refractivity (Wildman–Crippen MR) is 72.2 cm³/mol. The van der Waals surface area contributed by atoms with E-state index < -0.39 is 0 Å². The predicted octanol–water partition coefficient (Wildman–Crippen LogP) is 3.94. The van der Waals surface area contributed by atoms with Crippen LogP contribution in [0.4, 0.5) is 0 Å². The zero-order valence-electron chi connectivity index (χ0n) is 10.6. The highest BCUT2D eigenvalue weighted by Gasteiger charge is 2.25. The molecule has 0 saturated heterocycles. The number of hydrogen-bond donors (Lipinski definition) is 1. The van der Waals surface area contributed by atoms with Gasteiger partial charge in [0.25, 0.3) is 0 Å². The Morgan fingerprint density at radius 3 is 2.35 bits per heavy atom. The van der Waals surface area contributed by atoms with Gasteiger partial charge in [0, 0.05) is 6.04 Å². The summed E-state index contributed by atoms with van der Waals surface area (Å²) in [7, 11) is 0. The second kappa shape index (κ2) is 4.81. The molecule has 0 spiro atoms. The van der Waals surface area contributed by atoms with Crippen LogP contribution >= 0.6 is 0 Å². The van der Waals surface area contributed by atoms with Crippen molar-refractivity contribution in [3.8, 4) is 0 Å². The second-order valence-corrected chi connectivity index (χ2v) is 5.85. The van der Waals surface area contributed by atoms with E-state index in [1.807, 2.05) is 0 Å². The summed E-state index contributed by atoms with van der Waals surface area (Å²) in [6.07, 6.45) is 9.36. The highest BCUT2D eigenvalue weighted by Crippen LogP contribution is 2.38. The lowest BCUT2D eigenvalue weighted by Gasteiger charge is -2.31.